The van der Waals surface area contributed by atoms with Crippen LogP contribution in [0.5, 0.6) is 11.5 Å². The van der Waals surface area contributed by atoms with Gasteiger partial charge in [-0.05, 0) is 49.1 Å². The summed E-state index contributed by atoms with van der Waals surface area (Å²) in [6.07, 6.45) is -2.35. The van der Waals surface area contributed by atoms with Crippen molar-refractivity contribution in [3.63, 3.8) is 0 Å². The molecule has 1 saturated carbocycles. The minimum absolute atomic E-state index is 0. The molecule has 1 N–H and O–H groups in total. The van der Waals surface area contributed by atoms with Crippen LogP contribution in [0.25, 0.3) is 11.3 Å². The van der Waals surface area contributed by atoms with E-state index in [0.29, 0.717) is 35.4 Å². The Balaban J connectivity index is 0.00000289. The Morgan fingerprint density at radius 2 is 1.74 bits per heavy atom. The van der Waals surface area contributed by atoms with Crippen molar-refractivity contribution in [3.05, 3.63) is 77.0 Å². The first kappa shape index (κ1) is 22.2. The first-order chi connectivity index (χ1) is 16.2. The summed E-state index contributed by atoms with van der Waals surface area (Å²) in [5.41, 5.74) is 3.30. The lowest BCUT2D eigenvalue weighted by Gasteiger charge is -2.15. The van der Waals surface area contributed by atoms with Crippen LogP contribution in [0, 0.1) is 6.92 Å². The number of carbonyl (C=O) groups excluding carboxylic acids is 2. The predicted molar refractivity (Wildman–Crippen MR) is 120 cm³/mol. The van der Waals surface area contributed by atoms with Gasteiger partial charge in [0.15, 0.2) is 17.3 Å². The van der Waals surface area contributed by atoms with E-state index in [0.717, 1.165) is 11.1 Å². The number of hydrogen-bond donors (Lipinski definition) is 1. The van der Waals surface area contributed by atoms with Gasteiger partial charge in [-0.15, -0.1) is 8.78 Å². The molecule has 1 fully saturated rings. The normalized spacial score (nSPS) is 16.8. The van der Waals surface area contributed by atoms with E-state index < -0.39 is 18.3 Å². The van der Waals surface area contributed by atoms with Crippen molar-refractivity contribution in [1.82, 2.24) is 4.98 Å². The lowest BCUT2D eigenvalue weighted by Crippen LogP contribution is -2.26. The number of carbonyl (C=O) groups is 2. The molecule has 8 heteroatoms. The molecule has 0 saturated heterocycles. The van der Waals surface area contributed by atoms with Gasteiger partial charge in [-0.25, -0.2) is 0 Å². The number of fused-ring (bicyclic) bond motifs is 1. The number of Topliss-reactive ketones (excluding diaryl/α,β-unsaturated/α-hetero) is 2. The number of benzene rings is 2. The van der Waals surface area contributed by atoms with Gasteiger partial charge in [0.25, 0.3) is 0 Å². The van der Waals surface area contributed by atoms with Gasteiger partial charge in [-0.3, -0.25) is 14.6 Å². The van der Waals surface area contributed by atoms with Crippen molar-refractivity contribution in [2.45, 2.75) is 37.9 Å². The maximum Gasteiger partial charge on any atom is 0.586 e. The number of alkyl halides is 2. The van der Waals surface area contributed by atoms with Crippen LogP contribution < -0.4 is 9.47 Å². The van der Waals surface area contributed by atoms with E-state index in [1.807, 2.05) is 13.0 Å². The molecule has 176 valence electrons. The van der Waals surface area contributed by atoms with Crippen molar-refractivity contribution >= 4 is 11.6 Å². The minimum atomic E-state index is -3.70. The predicted octanol–water partition coefficient (Wildman–Crippen LogP) is 4.64. The highest BCUT2D eigenvalue weighted by molar-refractivity contribution is 5.97. The summed E-state index contributed by atoms with van der Waals surface area (Å²) in [4.78, 5) is 29.6. The summed E-state index contributed by atoms with van der Waals surface area (Å²) in [6, 6.07) is 15.0. The molecule has 0 unspecified atom stereocenters. The number of ketones is 2. The van der Waals surface area contributed by atoms with Crippen LogP contribution >= 0.6 is 0 Å². The van der Waals surface area contributed by atoms with E-state index >= 15 is 0 Å². The number of aliphatic hydroxyl groups excluding tert-OH is 1. The molecule has 0 bridgehead atoms. The average molecular weight is 467 g/mol. The molecule has 0 radical (unpaired) electrons. The summed E-state index contributed by atoms with van der Waals surface area (Å²) in [5.74, 6) is -0.518. The highest BCUT2D eigenvalue weighted by Crippen LogP contribution is 2.52. The zero-order valence-electron chi connectivity index (χ0n) is 18.3. The minimum Gasteiger partial charge on any atom is -0.395 e. The number of aryl methyl sites for hydroxylation is 1. The molecular weight excluding hydrogens is 444 g/mol. The highest BCUT2D eigenvalue weighted by atomic mass is 19.3. The molecular formula is C26H23F2NO5. The zero-order valence-corrected chi connectivity index (χ0v) is 18.3. The van der Waals surface area contributed by atoms with Crippen LogP contribution in [0.2, 0.25) is 0 Å². The Labute approximate surface area is 195 Å². The van der Waals surface area contributed by atoms with Crippen molar-refractivity contribution in [3.8, 4) is 22.8 Å². The Morgan fingerprint density at radius 3 is 2.41 bits per heavy atom. The van der Waals surface area contributed by atoms with Crippen molar-refractivity contribution in [1.29, 1.82) is 0 Å². The van der Waals surface area contributed by atoms with Gasteiger partial charge in [0.05, 0.1) is 11.1 Å². The molecule has 0 amide bonds. The molecule has 1 aromatic heterocycles. The lowest BCUT2D eigenvalue weighted by atomic mass is 9.88. The number of aliphatic hydroxyl groups is 1. The van der Waals surface area contributed by atoms with Crippen molar-refractivity contribution < 1.29 is 34.4 Å². The number of ether oxygens (including phenoxy) is 2. The first-order valence-corrected chi connectivity index (χ1v) is 10.9. The number of nitrogens with zero attached hydrogens (tertiary/aromatic N) is 1. The number of hydrogen-bond acceptors (Lipinski definition) is 6. The van der Waals surface area contributed by atoms with Gasteiger partial charge in [0, 0.05) is 24.7 Å². The molecule has 3 aromatic rings. The van der Waals surface area contributed by atoms with Crippen molar-refractivity contribution in [2.24, 2.45) is 0 Å². The molecule has 1 aliphatic heterocycles. The molecule has 0 spiro atoms. The van der Waals surface area contributed by atoms with Crippen LogP contribution in [-0.4, -0.2) is 34.6 Å². The van der Waals surface area contributed by atoms with Crippen LogP contribution in [-0.2, 0) is 16.6 Å². The standard InChI is InChI=1S/C26H21F2NO5.H2/c1-15-2-8-19(29-24(15)17-5-3-16(4-6-17)20(31)14-30)13-23(32)25(10-11-25)18-7-9-21-22(12-18)34-26(27,28)33-21;/h2-9,12,30H,10-11,13-14H2,1H3;1H. The Kier molecular flexibility index (Phi) is 5.20. The third kappa shape index (κ3) is 3.94. The van der Waals surface area contributed by atoms with Crippen molar-refractivity contribution in [2.75, 3.05) is 6.61 Å². The monoisotopic (exact) mass is 467 g/mol. The van der Waals surface area contributed by atoms with Crippen LogP contribution in [0.4, 0.5) is 8.78 Å². The lowest BCUT2D eigenvalue weighted by molar-refractivity contribution is -0.286. The molecule has 5 rings (SSSR count). The molecule has 2 aromatic carbocycles. The molecule has 1 aliphatic carbocycles. The van der Waals surface area contributed by atoms with Gasteiger partial charge in [-0.2, -0.15) is 0 Å². The third-order valence-corrected chi connectivity index (χ3v) is 6.36. The maximum absolute atomic E-state index is 13.4. The second kappa shape index (κ2) is 7.99. The molecule has 2 heterocycles. The van der Waals surface area contributed by atoms with Gasteiger partial charge in [0.2, 0.25) is 0 Å². The maximum atomic E-state index is 13.4. The number of aromatic nitrogens is 1. The average Bonchev–Trinajstić information content (AvgIpc) is 3.57. The largest absolute Gasteiger partial charge is 0.586 e. The fraction of sp³-hybridized carbons (Fsp3) is 0.269. The highest BCUT2D eigenvalue weighted by Gasteiger charge is 2.52. The van der Waals surface area contributed by atoms with E-state index in [1.165, 1.54) is 12.1 Å². The number of halogens is 2. The molecule has 34 heavy (non-hydrogen) atoms. The number of pyridine rings is 1. The Hall–Kier alpha value is -3.65. The van der Waals surface area contributed by atoms with E-state index in [1.54, 1.807) is 36.4 Å². The van der Waals surface area contributed by atoms with Gasteiger partial charge in [-0.1, -0.05) is 36.4 Å². The van der Waals surface area contributed by atoms with Crippen LogP contribution in [0.1, 0.15) is 41.4 Å². The summed E-state index contributed by atoms with van der Waals surface area (Å²) in [7, 11) is 0. The SMILES string of the molecule is Cc1ccc(CC(=O)C2(c3ccc4c(c3)OC(F)(F)O4)CC2)nc1-c1ccc(C(=O)CO)cc1.[HH]. The summed E-state index contributed by atoms with van der Waals surface area (Å²) in [6.45, 7) is 1.35. The van der Waals surface area contributed by atoms with Gasteiger partial charge >= 0.3 is 6.29 Å². The van der Waals surface area contributed by atoms with Gasteiger partial charge < -0.3 is 14.6 Å². The van der Waals surface area contributed by atoms with E-state index in [2.05, 4.69) is 9.47 Å². The quantitative estimate of drug-likeness (QED) is 0.510. The van der Waals surface area contributed by atoms with Gasteiger partial charge in [0.1, 0.15) is 12.4 Å². The first-order valence-electron chi connectivity index (χ1n) is 10.9. The van der Waals surface area contributed by atoms with Crippen LogP contribution in [0.15, 0.2) is 54.6 Å². The smallest absolute Gasteiger partial charge is 0.395 e. The fourth-order valence-electron chi connectivity index (χ4n) is 4.30. The van der Waals surface area contributed by atoms with E-state index in [4.69, 9.17) is 10.1 Å². The molecule has 0 atom stereocenters. The summed E-state index contributed by atoms with van der Waals surface area (Å²) < 4.78 is 35.7. The zero-order chi connectivity index (χ0) is 24.1. The Morgan fingerprint density at radius 1 is 1.03 bits per heavy atom. The van der Waals surface area contributed by atoms with Crippen LogP contribution in [0.3, 0.4) is 0 Å². The number of rotatable bonds is 7. The fourth-order valence-corrected chi connectivity index (χ4v) is 4.30. The second-order valence-electron chi connectivity index (χ2n) is 8.64. The Bertz CT molecular complexity index is 1310. The topological polar surface area (TPSA) is 85.7 Å². The van der Waals surface area contributed by atoms with E-state index in [-0.39, 0.29) is 30.9 Å². The summed E-state index contributed by atoms with van der Waals surface area (Å²) >= 11 is 0. The molecule has 2 aliphatic rings. The second-order valence-corrected chi connectivity index (χ2v) is 8.64. The van der Waals surface area contributed by atoms with E-state index in [9.17, 15) is 18.4 Å². The third-order valence-electron chi connectivity index (χ3n) is 6.36. The molecule has 6 nitrogen and oxygen atoms in total. The summed E-state index contributed by atoms with van der Waals surface area (Å²) in [5, 5.41) is 9.02.